The van der Waals surface area contributed by atoms with Crippen LogP contribution in [0.2, 0.25) is 5.02 Å². The molecule has 7 heteroatoms. The maximum atomic E-state index is 12.7. The first kappa shape index (κ1) is 17.3. The summed E-state index contributed by atoms with van der Waals surface area (Å²) in [5, 5.41) is 0.522. The molecule has 1 aromatic carbocycles. The van der Waals surface area contributed by atoms with Crippen molar-refractivity contribution >= 4 is 46.1 Å². The van der Waals surface area contributed by atoms with Crippen LogP contribution in [0.5, 0.6) is 5.75 Å². The molecule has 1 aromatic rings. The largest absolute Gasteiger partial charge is 0.496 e. The molecule has 22 heavy (non-hydrogen) atoms. The van der Waals surface area contributed by atoms with E-state index in [1.54, 1.807) is 17.0 Å². The molecule has 0 aromatic heterocycles. The molecule has 0 saturated carbocycles. The highest BCUT2D eigenvalue weighted by Gasteiger charge is 2.29. The van der Waals surface area contributed by atoms with Crippen LogP contribution in [0, 0.1) is 9.49 Å². The monoisotopic (exact) mass is 437 g/mol. The standard InChI is InChI=1S/C15H17ClINO4/c1-21-13-8-12(17)11(16)7-10(13)14(19)18-5-3-9(4-6-18)15(20)22-2/h7-9H,3-6H2,1-2H3. The third kappa shape index (κ3) is 3.65. The second kappa shape index (κ2) is 7.50. The summed E-state index contributed by atoms with van der Waals surface area (Å²) < 4.78 is 10.9. The van der Waals surface area contributed by atoms with Gasteiger partial charge in [-0.05, 0) is 47.6 Å². The summed E-state index contributed by atoms with van der Waals surface area (Å²) in [7, 11) is 2.91. The summed E-state index contributed by atoms with van der Waals surface area (Å²) in [5.41, 5.74) is 0.449. The van der Waals surface area contributed by atoms with Crippen molar-refractivity contribution in [3.8, 4) is 5.75 Å². The third-order valence-corrected chi connectivity index (χ3v) is 5.31. The Morgan fingerprint density at radius 3 is 2.45 bits per heavy atom. The van der Waals surface area contributed by atoms with Crippen molar-refractivity contribution in [2.75, 3.05) is 27.3 Å². The van der Waals surface area contributed by atoms with Crippen molar-refractivity contribution in [1.29, 1.82) is 0 Å². The van der Waals surface area contributed by atoms with E-state index in [0.29, 0.717) is 42.3 Å². The molecule has 0 radical (unpaired) electrons. The number of nitrogens with zero attached hydrogens (tertiary/aromatic N) is 1. The highest BCUT2D eigenvalue weighted by Crippen LogP contribution is 2.30. The zero-order chi connectivity index (χ0) is 16.3. The molecule has 2 rings (SSSR count). The molecular weight excluding hydrogens is 421 g/mol. The van der Waals surface area contributed by atoms with Gasteiger partial charge in [-0.2, -0.15) is 0 Å². The number of likely N-dealkylation sites (tertiary alicyclic amines) is 1. The van der Waals surface area contributed by atoms with E-state index in [9.17, 15) is 9.59 Å². The maximum absolute atomic E-state index is 12.7. The van der Waals surface area contributed by atoms with Gasteiger partial charge in [0.1, 0.15) is 5.75 Å². The van der Waals surface area contributed by atoms with Gasteiger partial charge in [-0.3, -0.25) is 9.59 Å². The van der Waals surface area contributed by atoms with E-state index in [4.69, 9.17) is 21.1 Å². The van der Waals surface area contributed by atoms with Crippen LogP contribution in [-0.2, 0) is 9.53 Å². The Morgan fingerprint density at radius 2 is 1.91 bits per heavy atom. The lowest BCUT2D eigenvalue weighted by atomic mass is 9.96. The molecule has 1 saturated heterocycles. The van der Waals surface area contributed by atoms with E-state index in [1.807, 2.05) is 0 Å². The summed E-state index contributed by atoms with van der Waals surface area (Å²) >= 11 is 8.21. The molecule has 120 valence electrons. The lowest BCUT2D eigenvalue weighted by Gasteiger charge is -2.31. The van der Waals surface area contributed by atoms with E-state index in [1.165, 1.54) is 14.2 Å². The zero-order valence-electron chi connectivity index (χ0n) is 12.4. The van der Waals surface area contributed by atoms with Crippen molar-refractivity contribution < 1.29 is 19.1 Å². The van der Waals surface area contributed by atoms with Crippen LogP contribution in [0.1, 0.15) is 23.2 Å². The number of benzene rings is 1. The van der Waals surface area contributed by atoms with Crippen molar-refractivity contribution in [3.63, 3.8) is 0 Å². The number of halogens is 2. The number of carbonyl (C=O) groups excluding carboxylic acids is 2. The van der Waals surface area contributed by atoms with Gasteiger partial charge in [0.15, 0.2) is 0 Å². The molecule has 0 unspecified atom stereocenters. The Hall–Kier alpha value is -1.02. The van der Waals surface area contributed by atoms with Crippen LogP contribution in [0.25, 0.3) is 0 Å². The number of esters is 1. The molecule has 1 aliphatic rings. The van der Waals surface area contributed by atoms with E-state index < -0.39 is 0 Å². The van der Waals surface area contributed by atoms with Crippen LogP contribution in [0.3, 0.4) is 0 Å². The number of piperidine rings is 1. The smallest absolute Gasteiger partial charge is 0.308 e. The summed E-state index contributed by atoms with van der Waals surface area (Å²) in [4.78, 5) is 25.9. The molecule has 0 bridgehead atoms. The summed E-state index contributed by atoms with van der Waals surface area (Å²) in [6.07, 6.45) is 1.22. The molecule has 1 aliphatic heterocycles. The molecule has 0 atom stereocenters. The lowest BCUT2D eigenvalue weighted by molar-refractivity contribution is -0.146. The SMILES string of the molecule is COC(=O)C1CCN(C(=O)c2cc(Cl)c(I)cc2OC)CC1. The average Bonchev–Trinajstić information content (AvgIpc) is 2.55. The van der Waals surface area contributed by atoms with Gasteiger partial charge >= 0.3 is 5.97 Å². The molecule has 0 aliphatic carbocycles. The predicted molar refractivity (Wildman–Crippen MR) is 91.4 cm³/mol. The molecule has 0 spiro atoms. The minimum Gasteiger partial charge on any atom is -0.496 e. The van der Waals surface area contributed by atoms with Crippen LogP contribution < -0.4 is 4.74 Å². The van der Waals surface area contributed by atoms with Crippen molar-refractivity contribution in [1.82, 2.24) is 4.90 Å². The number of methoxy groups -OCH3 is 2. The first-order valence-corrected chi connectivity index (χ1v) is 8.33. The fourth-order valence-electron chi connectivity index (χ4n) is 2.52. The molecular formula is C15H17ClINO4. The molecule has 1 fully saturated rings. The number of hydrogen-bond acceptors (Lipinski definition) is 4. The van der Waals surface area contributed by atoms with Crippen molar-refractivity contribution in [2.45, 2.75) is 12.8 Å². The maximum Gasteiger partial charge on any atom is 0.308 e. The van der Waals surface area contributed by atoms with Crippen LogP contribution in [0.4, 0.5) is 0 Å². The number of hydrogen-bond donors (Lipinski definition) is 0. The Morgan fingerprint density at radius 1 is 1.27 bits per heavy atom. The van der Waals surface area contributed by atoms with Crippen molar-refractivity contribution in [3.05, 3.63) is 26.3 Å². The van der Waals surface area contributed by atoms with Gasteiger partial charge in [-0.1, -0.05) is 11.6 Å². The number of amides is 1. The predicted octanol–water partition coefficient (Wildman–Crippen LogP) is 2.98. The summed E-state index contributed by atoms with van der Waals surface area (Å²) in [5.74, 6) is 0.0469. The van der Waals surface area contributed by atoms with Gasteiger partial charge in [-0.15, -0.1) is 0 Å². The number of ether oxygens (including phenoxy) is 2. The number of carbonyl (C=O) groups is 2. The Bertz CT molecular complexity index is 585. The summed E-state index contributed by atoms with van der Waals surface area (Å²) in [6, 6.07) is 3.38. The summed E-state index contributed by atoms with van der Waals surface area (Å²) in [6.45, 7) is 1.04. The lowest BCUT2D eigenvalue weighted by Crippen LogP contribution is -2.40. The molecule has 0 N–H and O–H groups in total. The van der Waals surface area contributed by atoms with E-state index in [2.05, 4.69) is 22.6 Å². The van der Waals surface area contributed by atoms with Gasteiger partial charge in [0.25, 0.3) is 5.91 Å². The van der Waals surface area contributed by atoms with Crippen LogP contribution in [0.15, 0.2) is 12.1 Å². The van der Waals surface area contributed by atoms with Gasteiger partial charge in [0.05, 0.1) is 30.7 Å². The highest BCUT2D eigenvalue weighted by atomic mass is 127. The minimum absolute atomic E-state index is 0.126. The van der Waals surface area contributed by atoms with Gasteiger partial charge in [0, 0.05) is 16.7 Å². The highest BCUT2D eigenvalue weighted by molar-refractivity contribution is 14.1. The second-order valence-electron chi connectivity index (χ2n) is 5.06. The fourth-order valence-corrected chi connectivity index (χ4v) is 3.12. The van der Waals surface area contributed by atoms with Gasteiger partial charge in [-0.25, -0.2) is 0 Å². The molecule has 1 heterocycles. The van der Waals surface area contributed by atoms with Crippen LogP contribution in [-0.4, -0.2) is 44.1 Å². The average molecular weight is 438 g/mol. The fraction of sp³-hybridized carbons (Fsp3) is 0.467. The first-order chi connectivity index (χ1) is 10.5. The van der Waals surface area contributed by atoms with Crippen molar-refractivity contribution in [2.24, 2.45) is 5.92 Å². The normalized spacial score (nSPS) is 15.5. The zero-order valence-corrected chi connectivity index (χ0v) is 15.3. The topological polar surface area (TPSA) is 55.8 Å². The Labute approximate surface area is 148 Å². The second-order valence-corrected chi connectivity index (χ2v) is 6.63. The van der Waals surface area contributed by atoms with E-state index >= 15 is 0 Å². The number of rotatable bonds is 3. The Balaban J connectivity index is 2.13. The molecule has 1 amide bonds. The van der Waals surface area contributed by atoms with Gasteiger partial charge < -0.3 is 14.4 Å². The Kier molecular flexibility index (Phi) is 5.91. The minimum atomic E-state index is -0.206. The van der Waals surface area contributed by atoms with Crippen LogP contribution >= 0.6 is 34.2 Å². The van der Waals surface area contributed by atoms with Gasteiger partial charge in [0.2, 0.25) is 0 Å². The third-order valence-electron chi connectivity index (χ3n) is 3.79. The molecule has 5 nitrogen and oxygen atoms in total. The van der Waals surface area contributed by atoms with E-state index in [-0.39, 0.29) is 17.8 Å². The van der Waals surface area contributed by atoms with E-state index in [0.717, 1.165) is 3.57 Å². The first-order valence-electron chi connectivity index (χ1n) is 6.88. The quantitative estimate of drug-likeness (QED) is 0.539.